The number of furan rings is 1. The number of hydrogen-bond acceptors (Lipinski definition) is 4. The highest BCUT2D eigenvalue weighted by Crippen LogP contribution is 2.20. The van der Waals surface area contributed by atoms with Crippen LogP contribution in [0.2, 0.25) is 5.02 Å². The van der Waals surface area contributed by atoms with Crippen molar-refractivity contribution in [2.45, 2.75) is 25.9 Å². The molecule has 1 unspecified atom stereocenters. The third-order valence-electron chi connectivity index (χ3n) is 3.96. The van der Waals surface area contributed by atoms with Gasteiger partial charge in [-0.2, -0.15) is 0 Å². The third-order valence-corrected chi connectivity index (χ3v) is 4.26. The molecule has 0 amide bonds. The molecule has 162 valence electrons. The molecule has 0 bridgehead atoms. The first-order chi connectivity index (χ1) is 13.6. The van der Waals surface area contributed by atoms with E-state index in [9.17, 15) is 9.50 Å². The lowest BCUT2D eigenvalue weighted by atomic mass is 10.1. The molecule has 3 N–H and O–H groups in total. The van der Waals surface area contributed by atoms with Gasteiger partial charge in [0.25, 0.3) is 0 Å². The molecule has 2 aromatic rings. The number of nitrogens with one attached hydrogen (secondary N) is 2. The van der Waals surface area contributed by atoms with E-state index in [4.69, 9.17) is 20.8 Å². The monoisotopic (exact) mass is 539 g/mol. The lowest BCUT2D eigenvalue weighted by Crippen LogP contribution is -2.39. The van der Waals surface area contributed by atoms with Crippen molar-refractivity contribution in [2.24, 2.45) is 4.99 Å². The summed E-state index contributed by atoms with van der Waals surface area (Å²) in [5, 5.41) is 16.7. The maximum Gasteiger partial charge on any atom is 0.191 e. The fourth-order valence-corrected chi connectivity index (χ4v) is 2.58. The smallest absolute Gasteiger partial charge is 0.191 e. The molecule has 29 heavy (non-hydrogen) atoms. The largest absolute Gasteiger partial charge is 0.469 e. The van der Waals surface area contributed by atoms with E-state index in [1.807, 2.05) is 19.1 Å². The SMILES string of the molecule is CCOCCCNC(=NCC(O)c1ccc(Cl)c(F)c1)NCCc1ccco1.I. The summed E-state index contributed by atoms with van der Waals surface area (Å²) in [6.07, 6.45) is 2.24. The molecule has 1 aromatic heterocycles. The van der Waals surface area contributed by atoms with Crippen LogP contribution in [0.4, 0.5) is 4.39 Å². The molecule has 0 saturated carbocycles. The Labute approximate surface area is 192 Å². The van der Waals surface area contributed by atoms with Crippen LogP contribution in [0.5, 0.6) is 0 Å². The first-order valence-corrected chi connectivity index (χ1v) is 9.73. The predicted molar refractivity (Wildman–Crippen MR) is 124 cm³/mol. The maximum atomic E-state index is 13.6. The molecule has 0 aliphatic rings. The van der Waals surface area contributed by atoms with Crippen molar-refractivity contribution in [1.82, 2.24) is 10.6 Å². The second-order valence-electron chi connectivity index (χ2n) is 6.11. The molecule has 0 radical (unpaired) electrons. The fraction of sp³-hybridized carbons (Fsp3) is 0.450. The molecule has 0 saturated heterocycles. The Bertz CT molecular complexity index is 732. The average Bonchev–Trinajstić information content (AvgIpc) is 3.20. The predicted octanol–water partition coefficient (Wildman–Crippen LogP) is 3.93. The summed E-state index contributed by atoms with van der Waals surface area (Å²) >= 11 is 5.68. The van der Waals surface area contributed by atoms with Gasteiger partial charge in [0, 0.05) is 32.7 Å². The van der Waals surface area contributed by atoms with Crippen LogP contribution in [0.15, 0.2) is 46.0 Å². The summed E-state index contributed by atoms with van der Waals surface area (Å²) in [5.41, 5.74) is 0.428. The van der Waals surface area contributed by atoms with Gasteiger partial charge < -0.3 is 24.9 Å². The molecule has 0 fully saturated rings. The van der Waals surface area contributed by atoms with Crippen molar-refractivity contribution < 1.29 is 18.7 Å². The van der Waals surface area contributed by atoms with Gasteiger partial charge in [0.15, 0.2) is 5.96 Å². The van der Waals surface area contributed by atoms with Crippen molar-refractivity contribution in [3.8, 4) is 0 Å². The van der Waals surface area contributed by atoms with Crippen LogP contribution in [0, 0.1) is 5.82 Å². The molecule has 0 spiro atoms. The van der Waals surface area contributed by atoms with Crippen LogP contribution in [0.3, 0.4) is 0 Å². The molecule has 1 atom stereocenters. The van der Waals surface area contributed by atoms with Crippen LogP contribution in [-0.2, 0) is 11.2 Å². The van der Waals surface area contributed by atoms with E-state index in [-0.39, 0.29) is 35.5 Å². The number of guanidine groups is 1. The number of benzene rings is 1. The molecular formula is C20H28ClFIN3O3. The van der Waals surface area contributed by atoms with E-state index in [2.05, 4.69) is 15.6 Å². The number of halogens is 3. The summed E-state index contributed by atoms with van der Waals surface area (Å²) in [6.45, 7) is 4.69. The molecule has 1 aromatic carbocycles. The van der Waals surface area contributed by atoms with Crippen molar-refractivity contribution in [1.29, 1.82) is 0 Å². The van der Waals surface area contributed by atoms with E-state index in [0.717, 1.165) is 12.2 Å². The van der Waals surface area contributed by atoms with Crippen LogP contribution < -0.4 is 10.6 Å². The second kappa shape index (κ2) is 14.6. The van der Waals surface area contributed by atoms with E-state index >= 15 is 0 Å². The van der Waals surface area contributed by atoms with Crippen molar-refractivity contribution in [2.75, 3.05) is 32.8 Å². The van der Waals surface area contributed by atoms with Gasteiger partial charge in [0.1, 0.15) is 11.6 Å². The standard InChI is InChI=1S/C20H27ClFN3O3.HI/c1-2-27-11-4-9-23-20(24-10-8-16-5-3-12-28-16)25-14-19(26)15-6-7-17(21)18(22)13-15;/h3,5-7,12-13,19,26H,2,4,8-11,14H2,1H3,(H2,23,24,25);1H. The highest BCUT2D eigenvalue weighted by Gasteiger charge is 2.10. The molecule has 2 rings (SSSR count). The number of ether oxygens (including phenoxy) is 1. The minimum absolute atomic E-state index is 0. The van der Waals surface area contributed by atoms with Gasteiger partial charge in [-0.15, -0.1) is 24.0 Å². The van der Waals surface area contributed by atoms with Gasteiger partial charge in [-0.3, -0.25) is 4.99 Å². The lowest BCUT2D eigenvalue weighted by Gasteiger charge is -2.14. The second-order valence-corrected chi connectivity index (χ2v) is 6.52. The maximum absolute atomic E-state index is 13.6. The number of rotatable bonds is 11. The summed E-state index contributed by atoms with van der Waals surface area (Å²) in [4.78, 5) is 4.41. The van der Waals surface area contributed by atoms with Gasteiger partial charge in [0.2, 0.25) is 0 Å². The summed E-state index contributed by atoms with van der Waals surface area (Å²) < 4.78 is 24.2. The molecule has 9 heteroatoms. The number of hydrogen-bond donors (Lipinski definition) is 3. The first kappa shape index (κ1) is 25.7. The molecule has 0 aliphatic carbocycles. The minimum Gasteiger partial charge on any atom is -0.469 e. The van der Waals surface area contributed by atoms with E-state index < -0.39 is 11.9 Å². The van der Waals surface area contributed by atoms with Gasteiger partial charge in [-0.05, 0) is 43.2 Å². The number of aliphatic hydroxyl groups excluding tert-OH is 1. The zero-order chi connectivity index (χ0) is 20.2. The van der Waals surface area contributed by atoms with Crippen molar-refractivity contribution in [3.63, 3.8) is 0 Å². The highest BCUT2D eigenvalue weighted by molar-refractivity contribution is 14.0. The Morgan fingerprint density at radius 2 is 2.10 bits per heavy atom. The summed E-state index contributed by atoms with van der Waals surface area (Å²) in [6, 6.07) is 7.99. The minimum atomic E-state index is -0.932. The van der Waals surface area contributed by atoms with E-state index in [0.29, 0.717) is 44.2 Å². The normalized spacial score (nSPS) is 12.3. The fourth-order valence-electron chi connectivity index (χ4n) is 2.46. The molecule has 0 aliphatic heterocycles. The topological polar surface area (TPSA) is 79.0 Å². The molecule has 1 heterocycles. The van der Waals surface area contributed by atoms with Gasteiger partial charge in [-0.1, -0.05) is 17.7 Å². The Kier molecular flexibility index (Phi) is 12.9. The zero-order valence-corrected chi connectivity index (χ0v) is 19.5. The average molecular weight is 540 g/mol. The van der Waals surface area contributed by atoms with Crippen LogP contribution >= 0.6 is 35.6 Å². The van der Waals surface area contributed by atoms with Gasteiger partial charge in [0.05, 0.1) is 23.9 Å². The van der Waals surface area contributed by atoms with E-state index in [1.165, 1.54) is 12.1 Å². The van der Waals surface area contributed by atoms with Gasteiger partial charge in [-0.25, -0.2) is 4.39 Å². The number of aliphatic imine (C=N–C) groups is 1. The Balaban J connectivity index is 0.00000420. The Hall–Kier alpha value is -1.36. The molecular weight excluding hydrogens is 512 g/mol. The summed E-state index contributed by atoms with van der Waals surface area (Å²) in [5.74, 6) is 0.879. The summed E-state index contributed by atoms with van der Waals surface area (Å²) in [7, 11) is 0. The first-order valence-electron chi connectivity index (χ1n) is 9.35. The highest BCUT2D eigenvalue weighted by atomic mass is 127. The lowest BCUT2D eigenvalue weighted by molar-refractivity contribution is 0.145. The third kappa shape index (κ3) is 9.79. The van der Waals surface area contributed by atoms with Crippen LogP contribution in [0.25, 0.3) is 0 Å². The van der Waals surface area contributed by atoms with E-state index in [1.54, 1.807) is 12.3 Å². The Morgan fingerprint density at radius 1 is 1.31 bits per heavy atom. The zero-order valence-electron chi connectivity index (χ0n) is 16.4. The molecule has 6 nitrogen and oxygen atoms in total. The quantitative estimate of drug-likeness (QED) is 0.175. The van der Waals surface area contributed by atoms with Crippen LogP contribution in [-0.4, -0.2) is 43.9 Å². The number of nitrogens with zero attached hydrogens (tertiary/aromatic N) is 1. The van der Waals surface area contributed by atoms with Crippen molar-refractivity contribution >= 4 is 41.5 Å². The van der Waals surface area contributed by atoms with Crippen LogP contribution in [0.1, 0.15) is 30.8 Å². The van der Waals surface area contributed by atoms with Gasteiger partial charge >= 0.3 is 0 Å². The number of aliphatic hydroxyl groups is 1. The Morgan fingerprint density at radius 3 is 2.79 bits per heavy atom. The van der Waals surface area contributed by atoms with Crippen molar-refractivity contribution in [3.05, 3.63) is 58.8 Å².